The van der Waals surface area contributed by atoms with Crippen molar-refractivity contribution in [3.05, 3.63) is 59.7 Å². The predicted octanol–water partition coefficient (Wildman–Crippen LogP) is 3.32. The number of carbonyl (C=O) groups excluding carboxylic acids is 2. The van der Waals surface area contributed by atoms with Crippen LogP contribution in [0.1, 0.15) is 24.0 Å². The third kappa shape index (κ3) is 5.51. The number of carbonyl (C=O) groups is 2. The second-order valence-electron chi connectivity index (χ2n) is 7.23. The smallest absolute Gasteiger partial charge is 0.321 e. The van der Waals surface area contributed by atoms with Gasteiger partial charge in [-0.25, -0.2) is 4.79 Å². The van der Waals surface area contributed by atoms with Crippen molar-refractivity contribution < 1.29 is 14.3 Å². The van der Waals surface area contributed by atoms with Crippen LogP contribution in [0.2, 0.25) is 0 Å². The second kappa shape index (κ2) is 10.3. The fourth-order valence-corrected chi connectivity index (χ4v) is 3.47. The molecule has 3 amide bonds. The molecular formula is C23H26N4O3. The maximum atomic E-state index is 12.7. The van der Waals surface area contributed by atoms with Crippen LogP contribution >= 0.6 is 0 Å². The maximum Gasteiger partial charge on any atom is 0.321 e. The lowest BCUT2D eigenvalue weighted by molar-refractivity contribution is -0.125. The number of hydrogen-bond donors (Lipinski definition) is 2. The van der Waals surface area contributed by atoms with E-state index < -0.39 is 0 Å². The van der Waals surface area contributed by atoms with E-state index in [9.17, 15) is 9.59 Å². The highest BCUT2D eigenvalue weighted by Crippen LogP contribution is 2.22. The average Bonchev–Trinajstić information content (AvgIpc) is 2.79. The Morgan fingerprint density at radius 3 is 2.50 bits per heavy atom. The Kier molecular flexibility index (Phi) is 7.28. The van der Waals surface area contributed by atoms with Crippen molar-refractivity contribution in [1.29, 1.82) is 5.26 Å². The zero-order valence-electron chi connectivity index (χ0n) is 17.1. The number of nitrogens with zero attached hydrogens (tertiary/aromatic N) is 2. The number of anilines is 1. The largest absolute Gasteiger partial charge is 0.489 e. The minimum absolute atomic E-state index is 0.0284. The van der Waals surface area contributed by atoms with E-state index in [-0.39, 0.29) is 17.9 Å². The SMILES string of the molecule is CNC(=O)C1CCN(C(=O)Nc2ccccc2COc2ccc(CC#N)cc2)CC1. The van der Waals surface area contributed by atoms with Gasteiger partial charge in [-0.05, 0) is 36.6 Å². The summed E-state index contributed by atoms with van der Waals surface area (Å²) >= 11 is 0. The van der Waals surface area contributed by atoms with Crippen molar-refractivity contribution in [1.82, 2.24) is 10.2 Å². The first-order valence-corrected chi connectivity index (χ1v) is 10.0. The van der Waals surface area contributed by atoms with Crippen LogP contribution in [0.4, 0.5) is 10.5 Å². The summed E-state index contributed by atoms with van der Waals surface area (Å²) in [7, 11) is 1.64. The Hall–Kier alpha value is -3.53. The number of ether oxygens (including phenoxy) is 1. The number of nitrogens with one attached hydrogen (secondary N) is 2. The lowest BCUT2D eigenvalue weighted by Gasteiger charge is -2.31. The Balaban J connectivity index is 1.56. The normalized spacial score (nSPS) is 13.9. The van der Waals surface area contributed by atoms with Gasteiger partial charge < -0.3 is 20.3 Å². The molecule has 0 saturated carbocycles. The van der Waals surface area contributed by atoms with Crippen LogP contribution in [0.5, 0.6) is 5.75 Å². The molecule has 1 heterocycles. The highest BCUT2D eigenvalue weighted by atomic mass is 16.5. The first-order valence-electron chi connectivity index (χ1n) is 10.0. The quantitative estimate of drug-likeness (QED) is 0.769. The summed E-state index contributed by atoms with van der Waals surface area (Å²) in [5.74, 6) is 0.714. The van der Waals surface area contributed by atoms with Crippen LogP contribution in [0.3, 0.4) is 0 Å². The Morgan fingerprint density at radius 1 is 1.13 bits per heavy atom. The van der Waals surface area contributed by atoms with Gasteiger partial charge in [0.2, 0.25) is 5.91 Å². The standard InChI is InChI=1S/C23H26N4O3/c1-25-22(28)18-11-14-27(15-12-18)23(29)26-21-5-3-2-4-19(21)16-30-20-8-6-17(7-9-20)10-13-24/h2-9,18H,10-12,14-16H2,1H3,(H,25,28)(H,26,29). The third-order valence-electron chi connectivity index (χ3n) is 5.26. The van der Waals surface area contributed by atoms with E-state index in [0.717, 1.165) is 11.1 Å². The van der Waals surface area contributed by atoms with Crippen molar-refractivity contribution in [3.63, 3.8) is 0 Å². The molecule has 0 spiro atoms. The topological polar surface area (TPSA) is 94.5 Å². The van der Waals surface area contributed by atoms with Gasteiger partial charge in [0.05, 0.1) is 12.5 Å². The molecule has 0 aliphatic carbocycles. The molecule has 3 rings (SSSR count). The molecule has 2 aromatic carbocycles. The first kappa shape index (κ1) is 21.2. The number of likely N-dealkylation sites (tertiary alicyclic amines) is 1. The van der Waals surface area contributed by atoms with Gasteiger partial charge in [-0.1, -0.05) is 30.3 Å². The second-order valence-corrected chi connectivity index (χ2v) is 7.23. The molecule has 7 nitrogen and oxygen atoms in total. The molecule has 0 unspecified atom stereocenters. The molecule has 30 heavy (non-hydrogen) atoms. The van der Waals surface area contributed by atoms with Crippen molar-refractivity contribution in [3.8, 4) is 11.8 Å². The van der Waals surface area contributed by atoms with Gasteiger partial charge in [0.25, 0.3) is 0 Å². The van der Waals surface area contributed by atoms with Gasteiger partial charge >= 0.3 is 6.03 Å². The Bertz CT molecular complexity index is 913. The van der Waals surface area contributed by atoms with E-state index in [1.54, 1.807) is 11.9 Å². The predicted molar refractivity (Wildman–Crippen MR) is 114 cm³/mol. The molecule has 1 aliphatic heterocycles. The van der Waals surface area contributed by atoms with Crippen molar-refractivity contribution in [2.24, 2.45) is 5.92 Å². The van der Waals surface area contributed by atoms with Gasteiger partial charge in [-0.2, -0.15) is 5.26 Å². The fourth-order valence-electron chi connectivity index (χ4n) is 3.47. The monoisotopic (exact) mass is 406 g/mol. The molecule has 0 bridgehead atoms. The Morgan fingerprint density at radius 2 is 1.83 bits per heavy atom. The van der Waals surface area contributed by atoms with E-state index in [4.69, 9.17) is 10.00 Å². The number of hydrogen-bond acceptors (Lipinski definition) is 4. The van der Waals surface area contributed by atoms with Gasteiger partial charge in [0.1, 0.15) is 12.4 Å². The van der Waals surface area contributed by atoms with Crippen LogP contribution in [0.15, 0.2) is 48.5 Å². The van der Waals surface area contributed by atoms with Gasteiger partial charge in [0, 0.05) is 37.3 Å². The summed E-state index contributed by atoms with van der Waals surface area (Å²) in [5, 5.41) is 14.4. The average molecular weight is 406 g/mol. The zero-order chi connectivity index (χ0) is 21.3. The first-order chi connectivity index (χ1) is 14.6. The van der Waals surface area contributed by atoms with E-state index in [1.165, 1.54) is 0 Å². The molecule has 7 heteroatoms. The number of nitriles is 1. The molecule has 0 radical (unpaired) electrons. The molecule has 156 valence electrons. The molecule has 1 saturated heterocycles. The summed E-state index contributed by atoms with van der Waals surface area (Å²) in [6.45, 7) is 1.42. The number of rotatable bonds is 6. The molecule has 0 aromatic heterocycles. The summed E-state index contributed by atoms with van der Waals surface area (Å²) in [4.78, 5) is 26.2. The molecule has 2 N–H and O–H groups in total. The minimum atomic E-state index is -0.168. The highest BCUT2D eigenvalue weighted by Gasteiger charge is 2.26. The third-order valence-corrected chi connectivity index (χ3v) is 5.26. The van der Waals surface area contributed by atoms with Gasteiger partial charge in [-0.3, -0.25) is 4.79 Å². The van der Waals surface area contributed by atoms with Crippen LogP contribution in [0.25, 0.3) is 0 Å². The van der Waals surface area contributed by atoms with E-state index in [1.807, 2.05) is 48.5 Å². The summed E-state index contributed by atoms with van der Waals surface area (Å²) < 4.78 is 5.85. The summed E-state index contributed by atoms with van der Waals surface area (Å²) in [6, 6.07) is 16.9. The van der Waals surface area contributed by atoms with Crippen molar-refractivity contribution in [2.45, 2.75) is 25.9 Å². The zero-order valence-corrected chi connectivity index (χ0v) is 17.1. The number of para-hydroxylation sites is 1. The van der Waals surface area contributed by atoms with E-state index in [0.29, 0.717) is 50.4 Å². The van der Waals surface area contributed by atoms with E-state index in [2.05, 4.69) is 16.7 Å². The van der Waals surface area contributed by atoms with Gasteiger partial charge in [0.15, 0.2) is 0 Å². The van der Waals surface area contributed by atoms with Crippen LogP contribution < -0.4 is 15.4 Å². The van der Waals surface area contributed by atoms with Crippen molar-refractivity contribution in [2.75, 3.05) is 25.5 Å². The summed E-state index contributed by atoms with van der Waals surface area (Å²) in [6.07, 6.45) is 1.70. The molecular weight excluding hydrogens is 380 g/mol. The van der Waals surface area contributed by atoms with E-state index >= 15 is 0 Å². The van der Waals surface area contributed by atoms with Crippen molar-refractivity contribution >= 4 is 17.6 Å². The number of benzene rings is 2. The molecule has 1 fully saturated rings. The number of urea groups is 1. The van der Waals surface area contributed by atoms with Gasteiger partial charge in [-0.15, -0.1) is 0 Å². The molecule has 1 aliphatic rings. The highest BCUT2D eigenvalue weighted by molar-refractivity contribution is 5.90. The molecule has 2 aromatic rings. The van der Waals surface area contributed by atoms with Crippen LogP contribution in [0, 0.1) is 17.2 Å². The number of amides is 3. The summed E-state index contributed by atoms with van der Waals surface area (Å²) in [5.41, 5.74) is 2.52. The number of piperidine rings is 1. The fraction of sp³-hybridized carbons (Fsp3) is 0.348. The minimum Gasteiger partial charge on any atom is -0.489 e. The lowest BCUT2D eigenvalue weighted by atomic mass is 9.96. The maximum absolute atomic E-state index is 12.7. The Labute approximate surface area is 176 Å². The van der Waals surface area contributed by atoms with Crippen LogP contribution in [-0.2, 0) is 17.8 Å². The van der Waals surface area contributed by atoms with Crippen LogP contribution in [-0.4, -0.2) is 37.0 Å². The molecule has 0 atom stereocenters. The lowest BCUT2D eigenvalue weighted by Crippen LogP contribution is -2.44.